The third-order valence-electron chi connectivity index (χ3n) is 4.28. The molecule has 0 aliphatic heterocycles. The molecule has 2 rings (SSSR count). The van der Waals surface area contributed by atoms with Crippen LogP contribution in [0, 0.1) is 12.8 Å². The van der Waals surface area contributed by atoms with Crippen molar-refractivity contribution < 1.29 is 9.59 Å². The molecule has 0 fully saturated rings. The van der Waals surface area contributed by atoms with Crippen LogP contribution in [0.2, 0.25) is 0 Å². The van der Waals surface area contributed by atoms with Crippen molar-refractivity contribution in [1.29, 1.82) is 0 Å². The second-order valence-corrected chi connectivity index (χ2v) is 6.98. The van der Waals surface area contributed by atoms with E-state index in [9.17, 15) is 9.59 Å². The maximum atomic E-state index is 12.8. The molecule has 2 amide bonds. The molecule has 5 heteroatoms. The van der Waals surface area contributed by atoms with Gasteiger partial charge in [-0.05, 0) is 55.5 Å². The quantitative estimate of drug-likeness (QED) is 0.801. The lowest BCUT2D eigenvalue weighted by molar-refractivity contribution is -0.124. The first-order valence-electron chi connectivity index (χ1n) is 8.95. The van der Waals surface area contributed by atoms with Gasteiger partial charge in [-0.1, -0.05) is 32.0 Å². The van der Waals surface area contributed by atoms with Crippen molar-refractivity contribution in [3.63, 3.8) is 0 Å². The Kier molecular flexibility index (Phi) is 6.89. The molecule has 0 saturated carbocycles. The minimum absolute atomic E-state index is 0.157. The smallest absolute Gasteiger partial charge is 0.252 e. The Balaban J connectivity index is 2.09. The summed E-state index contributed by atoms with van der Waals surface area (Å²) in [6, 6.07) is 10.4. The van der Waals surface area contributed by atoms with Crippen molar-refractivity contribution in [2.24, 2.45) is 5.92 Å². The second kappa shape index (κ2) is 9.13. The summed E-state index contributed by atoms with van der Waals surface area (Å²) in [5.74, 6) is -0.121. The zero-order valence-corrected chi connectivity index (χ0v) is 15.8. The number of nitrogens with zero attached hydrogens (tertiary/aromatic N) is 1. The predicted molar refractivity (Wildman–Crippen MR) is 103 cm³/mol. The number of carbonyl (C=O) groups excluding carboxylic acids is 2. The van der Waals surface area contributed by atoms with Crippen LogP contribution in [0.15, 0.2) is 48.8 Å². The third-order valence-corrected chi connectivity index (χ3v) is 4.28. The van der Waals surface area contributed by atoms with E-state index >= 15 is 0 Å². The first kappa shape index (κ1) is 19.6. The van der Waals surface area contributed by atoms with E-state index in [1.54, 1.807) is 18.5 Å². The first-order valence-corrected chi connectivity index (χ1v) is 8.95. The van der Waals surface area contributed by atoms with Crippen LogP contribution >= 0.6 is 0 Å². The molecule has 1 heterocycles. The average Bonchev–Trinajstić information content (AvgIpc) is 2.61. The van der Waals surface area contributed by atoms with E-state index in [4.69, 9.17) is 0 Å². The van der Waals surface area contributed by atoms with E-state index < -0.39 is 6.04 Å². The van der Waals surface area contributed by atoms with Crippen LogP contribution in [-0.2, 0) is 4.79 Å². The summed E-state index contributed by atoms with van der Waals surface area (Å²) in [6.45, 7) is 7.87. The molecule has 2 unspecified atom stereocenters. The third kappa shape index (κ3) is 5.41. The van der Waals surface area contributed by atoms with Gasteiger partial charge in [0.05, 0.1) is 6.04 Å². The van der Waals surface area contributed by atoms with Crippen molar-refractivity contribution in [1.82, 2.24) is 15.6 Å². The van der Waals surface area contributed by atoms with Gasteiger partial charge in [0.15, 0.2) is 0 Å². The summed E-state index contributed by atoms with van der Waals surface area (Å²) in [5, 5.41) is 5.89. The molecule has 1 aromatic carbocycles. The Labute approximate surface area is 155 Å². The van der Waals surface area contributed by atoms with Crippen LogP contribution in [-0.4, -0.2) is 22.8 Å². The number of aryl methyl sites for hydroxylation is 1. The molecule has 0 bridgehead atoms. The van der Waals surface area contributed by atoms with E-state index in [1.807, 2.05) is 58.0 Å². The molecule has 2 N–H and O–H groups in total. The van der Waals surface area contributed by atoms with Crippen LogP contribution in [0.25, 0.3) is 0 Å². The lowest BCUT2D eigenvalue weighted by Gasteiger charge is -2.23. The van der Waals surface area contributed by atoms with Gasteiger partial charge in [0.2, 0.25) is 5.91 Å². The van der Waals surface area contributed by atoms with Gasteiger partial charge in [-0.2, -0.15) is 0 Å². The molecular weight excluding hydrogens is 326 g/mol. The van der Waals surface area contributed by atoms with Gasteiger partial charge in [-0.25, -0.2) is 0 Å². The van der Waals surface area contributed by atoms with E-state index in [2.05, 4.69) is 15.6 Å². The number of carbonyl (C=O) groups is 2. The molecule has 0 aliphatic rings. The number of nitrogens with one attached hydrogen (secondary N) is 2. The Morgan fingerprint density at radius 2 is 1.65 bits per heavy atom. The monoisotopic (exact) mass is 353 g/mol. The summed E-state index contributed by atoms with van der Waals surface area (Å²) in [4.78, 5) is 29.4. The Morgan fingerprint density at radius 1 is 1.00 bits per heavy atom. The van der Waals surface area contributed by atoms with Gasteiger partial charge in [-0.15, -0.1) is 0 Å². The predicted octanol–water partition coefficient (Wildman–Crippen LogP) is 3.41. The van der Waals surface area contributed by atoms with Crippen molar-refractivity contribution in [3.05, 3.63) is 65.5 Å². The molecule has 5 nitrogen and oxygen atoms in total. The topological polar surface area (TPSA) is 71.1 Å². The van der Waals surface area contributed by atoms with Crippen LogP contribution in [0.5, 0.6) is 0 Å². The van der Waals surface area contributed by atoms with Gasteiger partial charge in [0, 0.05) is 18.0 Å². The lowest BCUT2D eigenvalue weighted by Crippen LogP contribution is -2.48. The average molecular weight is 353 g/mol. The first-order chi connectivity index (χ1) is 12.4. The number of benzene rings is 1. The Hall–Kier alpha value is -2.69. The standard InChI is InChI=1S/C21H27N3O2/c1-14(2)13-19(24-20(25)18-8-6-5-7-15(18)3)21(26)23-16(4)17-9-11-22-12-10-17/h5-12,14,16,19H,13H2,1-4H3,(H,23,26)(H,24,25). The van der Waals surface area contributed by atoms with Gasteiger partial charge in [0.25, 0.3) is 5.91 Å². The highest BCUT2D eigenvalue weighted by Gasteiger charge is 2.24. The summed E-state index contributed by atoms with van der Waals surface area (Å²) in [7, 11) is 0. The summed E-state index contributed by atoms with van der Waals surface area (Å²) in [6.07, 6.45) is 3.97. The van der Waals surface area contributed by atoms with E-state index in [0.717, 1.165) is 11.1 Å². The Bertz CT molecular complexity index is 744. The summed E-state index contributed by atoms with van der Waals surface area (Å²) >= 11 is 0. The maximum Gasteiger partial charge on any atom is 0.252 e. The largest absolute Gasteiger partial charge is 0.348 e. The second-order valence-electron chi connectivity index (χ2n) is 6.98. The summed E-state index contributed by atoms with van der Waals surface area (Å²) < 4.78 is 0. The highest BCUT2D eigenvalue weighted by atomic mass is 16.2. The molecule has 138 valence electrons. The number of aromatic nitrogens is 1. The molecule has 0 spiro atoms. The minimum atomic E-state index is -0.577. The molecule has 0 radical (unpaired) electrons. The van der Waals surface area contributed by atoms with Crippen molar-refractivity contribution in [2.75, 3.05) is 0 Å². The van der Waals surface area contributed by atoms with Gasteiger partial charge in [0.1, 0.15) is 6.04 Å². The molecule has 26 heavy (non-hydrogen) atoms. The van der Waals surface area contributed by atoms with E-state index in [1.165, 1.54) is 0 Å². The van der Waals surface area contributed by atoms with Crippen molar-refractivity contribution in [3.8, 4) is 0 Å². The number of pyridine rings is 1. The zero-order chi connectivity index (χ0) is 19.1. The fraction of sp³-hybridized carbons (Fsp3) is 0.381. The summed E-state index contributed by atoms with van der Waals surface area (Å²) in [5.41, 5.74) is 2.46. The number of hydrogen-bond donors (Lipinski definition) is 2. The normalized spacial score (nSPS) is 13.1. The Morgan fingerprint density at radius 3 is 2.27 bits per heavy atom. The SMILES string of the molecule is Cc1ccccc1C(=O)NC(CC(C)C)C(=O)NC(C)c1ccncc1. The maximum absolute atomic E-state index is 12.8. The number of rotatable bonds is 7. The molecule has 2 atom stereocenters. The van der Waals surface area contributed by atoms with Crippen molar-refractivity contribution in [2.45, 2.75) is 46.2 Å². The number of amides is 2. The van der Waals surface area contributed by atoms with Gasteiger partial charge < -0.3 is 10.6 Å². The molecule has 0 saturated heterocycles. The van der Waals surface area contributed by atoms with E-state index in [-0.39, 0.29) is 23.8 Å². The minimum Gasteiger partial charge on any atom is -0.348 e. The van der Waals surface area contributed by atoms with Crippen LogP contribution in [0.3, 0.4) is 0 Å². The fourth-order valence-corrected chi connectivity index (χ4v) is 2.82. The molecular formula is C21H27N3O2. The van der Waals surface area contributed by atoms with Gasteiger partial charge in [-0.3, -0.25) is 14.6 Å². The van der Waals surface area contributed by atoms with Crippen LogP contribution < -0.4 is 10.6 Å². The fourth-order valence-electron chi connectivity index (χ4n) is 2.82. The highest BCUT2D eigenvalue weighted by molar-refractivity contribution is 5.98. The molecule has 2 aromatic rings. The zero-order valence-electron chi connectivity index (χ0n) is 15.8. The number of hydrogen-bond acceptors (Lipinski definition) is 3. The molecule has 0 aliphatic carbocycles. The van der Waals surface area contributed by atoms with E-state index in [0.29, 0.717) is 12.0 Å². The van der Waals surface area contributed by atoms with Crippen molar-refractivity contribution >= 4 is 11.8 Å². The van der Waals surface area contributed by atoms with Crippen LogP contribution in [0.4, 0.5) is 0 Å². The highest BCUT2D eigenvalue weighted by Crippen LogP contribution is 2.13. The lowest BCUT2D eigenvalue weighted by atomic mass is 10.0. The molecule has 1 aromatic heterocycles. The van der Waals surface area contributed by atoms with Gasteiger partial charge >= 0.3 is 0 Å². The van der Waals surface area contributed by atoms with Crippen LogP contribution in [0.1, 0.15) is 54.7 Å².